The zero-order valence-corrected chi connectivity index (χ0v) is 5.48. The predicted octanol–water partition coefficient (Wildman–Crippen LogP) is 1.35. The van der Waals surface area contributed by atoms with Gasteiger partial charge in [0, 0.05) is 6.04 Å². The molecule has 1 rings (SSSR count). The number of hydrogen-bond acceptors (Lipinski definition) is 1. The third-order valence-electron chi connectivity index (χ3n) is 1.66. The highest BCUT2D eigenvalue weighted by Gasteiger charge is 2.12. The van der Waals surface area contributed by atoms with Crippen molar-refractivity contribution >= 4 is 0 Å². The molecule has 1 unspecified atom stereocenters. The van der Waals surface area contributed by atoms with E-state index in [0.29, 0.717) is 0 Å². The summed E-state index contributed by atoms with van der Waals surface area (Å²) in [5.41, 5.74) is 0. The van der Waals surface area contributed by atoms with E-state index in [-0.39, 0.29) is 0 Å². The van der Waals surface area contributed by atoms with Gasteiger partial charge in [-0.25, -0.2) is 0 Å². The molecular weight excluding hydrogens is 98.1 g/mol. The SMILES string of the molecule is CCNC1C[CH]CC1. The van der Waals surface area contributed by atoms with E-state index in [1.165, 1.54) is 19.3 Å². The molecule has 0 amide bonds. The van der Waals surface area contributed by atoms with Crippen molar-refractivity contribution in [2.45, 2.75) is 32.2 Å². The highest BCUT2D eigenvalue weighted by atomic mass is 14.9. The summed E-state index contributed by atoms with van der Waals surface area (Å²) < 4.78 is 0. The van der Waals surface area contributed by atoms with Gasteiger partial charge in [-0.2, -0.15) is 0 Å². The van der Waals surface area contributed by atoms with Crippen LogP contribution in [0.25, 0.3) is 0 Å². The summed E-state index contributed by atoms with van der Waals surface area (Å²) in [5.74, 6) is 0. The lowest BCUT2D eigenvalue weighted by Gasteiger charge is -2.07. The highest BCUT2D eigenvalue weighted by Crippen LogP contribution is 2.15. The average molecular weight is 112 g/mol. The Morgan fingerprint density at radius 2 is 2.62 bits per heavy atom. The molecule has 1 aliphatic carbocycles. The lowest BCUT2D eigenvalue weighted by atomic mass is 10.2. The van der Waals surface area contributed by atoms with Crippen LogP contribution in [0.4, 0.5) is 0 Å². The van der Waals surface area contributed by atoms with Crippen LogP contribution in [-0.4, -0.2) is 12.6 Å². The largest absolute Gasteiger partial charge is 0.314 e. The van der Waals surface area contributed by atoms with Crippen LogP contribution in [0.1, 0.15) is 26.2 Å². The maximum absolute atomic E-state index is 3.41. The maximum atomic E-state index is 3.41. The zero-order chi connectivity index (χ0) is 5.82. The van der Waals surface area contributed by atoms with Crippen molar-refractivity contribution in [3.05, 3.63) is 6.42 Å². The molecule has 0 aromatic rings. The quantitative estimate of drug-likeness (QED) is 0.568. The average Bonchev–Trinajstić information content (AvgIpc) is 2.19. The van der Waals surface area contributed by atoms with Gasteiger partial charge in [-0.3, -0.25) is 0 Å². The van der Waals surface area contributed by atoms with Crippen LogP contribution in [0, 0.1) is 6.42 Å². The fourth-order valence-corrected chi connectivity index (χ4v) is 1.23. The molecule has 8 heavy (non-hydrogen) atoms. The lowest BCUT2D eigenvalue weighted by molar-refractivity contribution is 0.548. The number of nitrogens with one attached hydrogen (secondary N) is 1. The molecule has 47 valence electrons. The van der Waals surface area contributed by atoms with Crippen LogP contribution < -0.4 is 5.32 Å². The molecule has 1 saturated carbocycles. The van der Waals surface area contributed by atoms with Crippen LogP contribution >= 0.6 is 0 Å². The Labute approximate surface area is 51.5 Å². The Morgan fingerprint density at radius 3 is 3.12 bits per heavy atom. The third-order valence-corrected chi connectivity index (χ3v) is 1.66. The summed E-state index contributed by atoms with van der Waals surface area (Å²) >= 11 is 0. The van der Waals surface area contributed by atoms with Gasteiger partial charge in [-0.1, -0.05) is 6.92 Å². The second kappa shape index (κ2) is 3.08. The number of rotatable bonds is 2. The first kappa shape index (κ1) is 6.09. The second-order valence-electron chi connectivity index (χ2n) is 2.36. The van der Waals surface area contributed by atoms with Crippen LogP contribution in [0.2, 0.25) is 0 Å². The first-order valence-corrected chi connectivity index (χ1v) is 3.48. The van der Waals surface area contributed by atoms with Crippen molar-refractivity contribution in [2.75, 3.05) is 6.54 Å². The zero-order valence-electron chi connectivity index (χ0n) is 5.48. The van der Waals surface area contributed by atoms with Gasteiger partial charge >= 0.3 is 0 Å². The molecule has 0 spiro atoms. The van der Waals surface area contributed by atoms with E-state index >= 15 is 0 Å². The molecular formula is C7H14N. The molecule has 1 nitrogen and oxygen atoms in total. The molecule has 1 atom stereocenters. The van der Waals surface area contributed by atoms with Gasteiger partial charge in [0.2, 0.25) is 0 Å². The molecule has 0 aromatic heterocycles. The molecule has 1 radical (unpaired) electrons. The normalized spacial score (nSPS) is 22.1. The van der Waals surface area contributed by atoms with Crippen LogP contribution in [0.5, 0.6) is 0 Å². The summed E-state index contributed by atoms with van der Waals surface area (Å²) in [7, 11) is 0. The minimum absolute atomic E-state index is 0.806. The Bertz CT molecular complexity index is 55.4. The first-order chi connectivity index (χ1) is 3.93. The molecule has 0 aromatic carbocycles. The van der Waals surface area contributed by atoms with Gasteiger partial charge in [0.1, 0.15) is 0 Å². The Morgan fingerprint density at radius 1 is 1.75 bits per heavy atom. The molecule has 0 saturated heterocycles. The van der Waals surface area contributed by atoms with Gasteiger partial charge in [0.15, 0.2) is 0 Å². The summed E-state index contributed by atoms with van der Waals surface area (Å²) in [6, 6.07) is 0.806. The molecule has 0 bridgehead atoms. The first-order valence-electron chi connectivity index (χ1n) is 3.48. The van der Waals surface area contributed by atoms with Crippen molar-refractivity contribution in [3.63, 3.8) is 0 Å². The molecule has 1 aliphatic rings. The third kappa shape index (κ3) is 1.48. The second-order valence-corrected chi connectivity index (χ2v) is 2.36. The Kier molecular flexibility index (Phi) is 2.34. The summed E-state index contributed by atoms with van der Waals surface area (Å²) in [6.45, 7) is 3.29. The van der Waals surface area contributed by atoms with Crippen LogP contribution in [0.15, 0.2) is 0 Å². The van der Waals surface area contributed by atoms with Gasteiger partial charge in [0.25, 0.3) is 0 Å². The fraction of sp³-hybridized carbons (Fsp3) is 0.857. The monoisotopic (exact) mass is 112 g/mol. The highest BCUT2D eigenvalue weighted by molar-refractivity contribution is 4.84. The molecule has 1 fully saturated rings. The van der Waals surface area contributed by atoms with Crippen molar-refractivity contribution in [2.24, 2.45) is 0 Å². The minimum Gasteiger partial charge on any atom is -0.314 e. The van der Waals surface area contributed by atoms with Crippen molar-refractivity contribution in [1.82, 2.24) is 5.32 Å². The predicted molar refractivity (Wildman–Crippen MR) is 35.6 cm³/mol. The standard InChI is InChI=1S/C7H14N/c1-2-8-7-5-3-4-6-7/h3,7-8H,2,4-6H2,1H3. The summed E-state index contributed by atoms with van der Waals surface area (Å²) in [4.78, 5) is 0. The van der Waals surface area contributed by atoms with Crippen LogP contribution in [0.3, 0.4) is 0 Å². The Hall–Kier alpha value is -0.0400. The van der Waals surface area contributed by atoms with Gasteiger partial charge in [0.05, 0.1) is 0 Å². The maximum Gasteiger partial charge on any atom is 0.00697 e. The van der Waals surface area contributed by atoms with E-state index in [4.69, 9.17) is 0 Å². The molecule has 1 heteroatoms. The summed E-state index contributed by atoms with van der Waals surface area (Å²) in [6.07, 6.45) is 6.33. The van der Waals surface area contributed by atoms with Crippen LogP contribution in [-0.2, 0) is 0 Å². The van der Waals surface area contributed by atoms with Gasteiger partial charge in [-0.15, -0.1) is 0 Å². The fourth-order valence-electron chi connectivity index (χ4n) is 1.23. The van der Waals surface area contributed by atoms with Gasteiger partial charge in [-0.05, 0) is 32.2 Å². The van der Waals surface area contributed by atoms with E-state index in [0.717, 1.165) is 12.6 Å². The van der Waals surface area contributed by atoms with E-state index in [1.807, 2.05) is 0 Å². The van der Waals surface area contributed by atoms with E-state index < -0.39 is 0 Å². The van der Waals surface area contributed by atoms with Gasteiger partial charge < -0.3 is 5.32 Å². The molecule has 0 heterocycles. The van der Waals surface area contributed by atoms with Crippen molar-refractivity contribution < 1.29 is 0 Å². The Balaban J connectivity index is 2.06. The summed E-state index contributed by atoms with van der Waals surface area (Å²) in [5, 5.41) is 3.41. The molecule has 1 N–H and O–H groups in total. The number of hydrogen-bond donors (Lipinski definition) is 1. The topological polar surface area (TPSA) is 12.0 Å². The smallest absolute Gasteiger partial charge is 0.00697 e. The van der Waals surface area contributed by atoms with Crippen molar-refractivity contribution in [3.8, 4) is 0 Å². The van der Waals surface area contributed by atoms with E-state index in [1.54, 1.807) is 0 Å². The minimum atomic E-state index is 0.806. The van der Waals surface area contributed by atoms with Crippen molar-refractivity contribution in [1.29, 1.82) is 0 Å². The van der Waals surface area contributed by atoms with E-state index in [2.05, 4.69) is 18.7 Å². The lowest BCUT2D eigenvalue weighted by Crippen LogP contribution is -2.25. The van der Waals surface area contributed by atoms with E-state index in [9.17, 15) is 0 Å². The molecule has 0 aliphatic heterocycles.